The fraction of sp³-hybridized carbons (Fsp3) is 0.444. The van der Waals surface area contributed by atoms with Gasteiger partial charge in [0, 0.05) is 23.9 Å². The first-order valence-electron chi connectivity index (χ1n) is 12.4. The molecule has 0 radical (unpaired) electrons. The minimum Gasteiger partial charge on any atom is -0.464 e. The zero-order valence-electron chi connectivity index (χ0n) is 19.7. The Morgan fingerprint density at radius 2 is 1.79 bits per heavy atom. The van der Waals surface area contributed by atoms with Gasteiger partial charge < -0.3 is 19.9 Å². The maximum atomic E-state index is 13.0. The Balaban J connectivity index is 1.59. The smallest absolute Gasteiger partial charge is 0.356 e. The van der Waals surface area contributed by atoms with Crippen LogP contribution < -0.4 is 10.6 Å². The van der Waals surface area contributed by atoms with Gasteiger partial charge in [-0.1, -0.05) is 56.0 Å². The van der Waals surface area contributed by atoms with Gasteiger partial charge in [-0.2, -0.15) is 0 Å². The summed E-state index contributed by atoms with van der Waals surface area (Å²) >= 11 is 0. The number of nitrogens with zero attached hydrogens (tertiary/aromatic N) is 2. The fourth-order valence-electron chi connectivity index (χ4n) is 4.89. The van der Waals surface area contributed by atoms with E-state index in [2.05, 4.69) is 10.6 Å². The van der Waals surface area contributed by atoms with Crippen molar-refractivity contribution >= 4 is 34.3 Å². The molecule has 2 saturated carbocycles. The van der Waals surface area contributed by atoms with Crippen LogP contribution >= 0.6 is 0 Å². The van der Waals surface area contributed by atoms with Crippen LogP contribution in [0.2, 0.25) is 0 Å². The highest BCUT2D eigenvalue weighted by Crippen LogP contribution is 2.36. The van der Waals surface area contributed by atoms with Crippen molar-refractivity contribution in [1.82, 2.24) is 9.55 Å². The third-order valence-corrected chi connectivity index (χ3v) is 6.88. The van der Waals surface area contributed by atoms with Crippen LogP contribution in [0.15, 0.2) is 42.6 Å². The molecule has 2 aromatic heterocycles. The summed E-state index contributed by atoms with van der Waals surface area (Å²) in [6, 6.07) is 12.4. The molecule has 0 spiro atoms. The number of aromatic nitrogens is 2. The zero-order chi connectivity index (χ0) is 23.5. The summed E-state index contributed by atoms with van der Waals surface area (Å²) < 4.78 is 7.01. The van der Waals surface area contributed by atoms with E-state index in [0.29, 0.717) is 29.6 Å². The Bertz CT molecular complexity index is 1180. The van der Waals surface area contributed by atoms with Crippen molar-refractivity contribution in [1.29, 1.82) is 0 Å². The molecule has 2 aliphatic carbocycles. The highest BCUT2D eigenvalue weighted by Gasteiger charge is 2.33. The highest BCUT2D eigenvalue weighted by molar-refractivity contribution is 6.11. The average Bonchev–Trinajstić information content (AvgIpc) is 3.69. The van der Waals surface area contributed by atoms with Gasteiger partial charge in [0.05, 0.1) is 24.7 Å². The number of amides is 1. The quantitative estimate of drug-likeness (QED) is 0.366. The van der Waals surface area contributed by atoms with E-state index in [1.807, 2.05) is 47.2 Å². The number of hydrogen-bond donors (Lipinski definition) is 2. The van der Waals surface area contributed by atoms with Gasteiger partial charge in [-0.25, -0.2) is 9.78 Å². The standard InChI is InChI=1S/C27H32N4O3/c1-34-27(33)24-23(30-26(32)19-13-14-19)22-15-21(29-20-11-7-2-3-8-12-20)16-28-25(22)31(24)17-18-9-5-4-6-10-18/h4-6,9-10,15-16,19-20,29H,2-3,7-8,11-14,17H2,1H3,(H,30,32). The lowest BCUT2D eigenvalue weighted by atomic mass is 10.1. The Morgan fingerprint density at radius 1 is 1.06 bits per heavy atom. The van der Waals surface area contributed by atoms with Gasteiger partial charge in [-0.15, -0.1) is 0 Å². The second-order valence-electron chi connectivity index (χ2n) is 9.48. The maximum absolute atomic E-state index is 13.0. The minimum absolute atomic E-state index is 0.0123. The molecule has 3 aromatic rings. The summed E-state index contributed by atoms with van der Waals surface area (Å²) in [5, 5.41) is 7.45. The summed E-state index contributed by atoms with van der Waals surface area (Å²) in [6.45, 7) is 0.448. The number of carbonyl (C=O) groups excluding carboxylic acids is 2. The van der Waals surface area contributed by atoms with Crippen molar-refractivity contribution in [2.75, 3.05) is 17.7 Å². The van der Waals surface area contributed by atoms with Crippen LogP contribution in [0.4, 0.5) is 11.4 Å². The molecule has 7 heteroatoms. The van der Waals surface area contributed by atoms with Crippen LogP contribution in [-0.2, 0) is 16.1 Å². The highest BCUT2D eigenvalue weighted by atomic mass is 16.5. The first-order valence-corrected chi connectivity index (χ1v) is 12.4. The molecule has 0 bridgehead atoms. The number of nitrogens with one attached hydrogen (secondary N) is 2. The Kier molecular flexibility index (Phi) is 6.52. The summed E-state index contributed by atoms with van der Waals surface area (Å²) in [5.74, 6) is -0.525. The van der Waals surface area contributed by atoms with E-state index in [-0.39, 0.29) is 11.8 Å². The zero-order valence-corrected chi connectivity index (χ0v) is 19.7. The number of fused-ring (bicyclic) bond motifs is 1. The average molecular weight is 461 g/mol. The monoisotopic (exact) mass is 460 g/mol. The molecule has 0 unspecified atom stereocenters. The molecule has 5 rings (SSSR count). The molecule has 0 saturated heterocycles. The lowest BCUT2D eigenvalue weighted by Gasteiger charge is -2.17. The number of hydrogen-bond acceptors (Lipinski definition) is 5. The number of esters is 1. The van der Waals surface area contributed by atoms with Crippen LogP contribution in [0.3, 0.4) is 0 Å². The van der Waals surface area contributed by atoms with E-state index in [4.69, 9.17) is 9.72 Å². The predicted octanol–water partition coefficient (Wildman–Crippen LogP) is 5.35. The van der Waals surface area contributed by atoms with Crippen molar-refractivity contribution < 1.29 is 14.3 Å². The van der Waals surface area contributed by atoms with E-state index in [1.165, 1.54) is 32.8 Å². The Hall–Kier alpha value is -3.35. The molecule has 0 atom stereocenters. The number of benzene rings is 1. The fourth-order valence-corrected chi connectivity index (χ4v) is 4.89. The summed E-state index contributed by atoms with van der Waals surface area (Å²) in [7, 11) is 1.37. The van der Waals surface area contributed by atoms with Crippen molar-refractivity contribution in [3.05, 3.63) is 53.9 Å². The molecule has 2 heterocycles. The first kappa shape index (κ1) is 22.4. The second kappa shape index (κ2) is 9.87. The van der Waals surface area contributed by atoms with Gasteiger partial charge in [-0.05, 0) is 37.3 Å². The van der Waals surface area contributed by atoms with E-state index >= 15 is 0 Å². The first-order chi connectivity index (χ1) is 16.6. The van der Waals surface area contributed by atoms with Crippen LogP contribution in [0.25, 0.3) is 11.0 Å². The Labute approximate surface area is 199 Å². The number of rotatable bonds is 7. The molecular formula is C27H32N4O3. The predicted molar refractivity (Wildman–Crippen MR) is 133 cm³/mol. The van der Waals surface area contributed by atoms with Gasteiger partial charge in [0.2, 0.25) is 5.91 Å². The molecular weight excluding hydrogens is 428 g/mol. The van der Waals surface area contributed by atoms with Crippen LogP contribution in [0.1, 0.15) is 67.4 Å². The molecule has 178 valence electrons. The summed E-state index contributed by atoms with van der Waals surface area (Å²) in [5.41, 5.74) is 3.42. The summed E-state index contributed by atoms with van der Waals surface area (Å²) in [4.78, 5) is 30.5. The normalized spacial score (nSPS) is 16.7. The van der Waals surface area contributed by atoms with E-state index in [9.17, 15) is 9.59 Å². The number of methoxy groups -OCH3 is 1. The molecule has 2 N–H and O–H groups in total. The van der Waals surface area contributed by atoms with Gasteiger partial charge >= 0.3 is 5.97 Å². The maximum Gasteiger partial charge on any atom is 0.356 e. The van der Waals surface area contributed by atoms with E-state index in [0.717, 1.165) is 42.3 Å². The lowest BCUT2D eigenvalue weighted by molar-refractivity contribution is -0.117. The molecule has 7 nitrogen and oxygen atoms in total. The topological polar surface area (TPSA) is 85.2 Å². The van der Waals surface area contributed by atoms with Gasteiger partial charge in [-0.3, -0.25) is 4.79 Å². The van der Waals surface area contributed by atoms with Crippen molar-refractivity contribution in [3.8, 4) is 0 Å². The number of carbonyl (C=O) groups is 2. The van der Waals surface area contributed by atoms with Crippen molar-refractivity contribution in [2.24, 2.45) is 5.92 Å². The number of anilines is 2. The lowest BCUT2D eigenvalue weighted by Crippen LogP contribution is -2.18. The summed E-state index contributed by atoms with van der Waals surface area (Å²) in [6.07, 6.45) is 10.9. The van der Waals surface area contributed by atoms with Gasteiger partial charge in [0.25, 0.3) is 0 Å². The molecule has 2 aliphatic rings. The molecule has 0 aliphatic heterocycles. The van der Waals surface area contributed by atoms with E-state index in [1.54, 1.807) is 0 Å². The second-order valence-corrected chi connectivity index (χ2v) is 9.48. The molecule has 1 aromatic carbocycles. The molecule has 34 heavy (non-hydrogen) atoms. The van der Waals surface area contributed by atoms with Crippen LogP contribution in [0.5, 0.6) is 0 Å². The van der Waals surface area contributed by atoms with Crippen molar-refractivity contribution in [2.45, 2.75) is 64.0 Å². The minimum atomic E-state index is -0.488. The SMILES string of the molecule is COC(=O)c1c(NC(=O)C2CC2)c2cc(NC3CCCCCC3)cnc2n1Cc1ccccc1. The van der Waals surface area contributed by atoms with Crippen molar-refractivity contribution in [3.63, 3.8) is 0 Å². The van der Waals surface area contributed by atoms with Gasteiger partial charge in [0.1, 0.15) is 5.65 Å². The van der Waals surface area contributed by atoms with Crippen LogP contribution in [-0.4, -0.2) is 34.6 Å². The molecule has 1 amide bonds. The van der Waals surface area contributed by atoms with Crippen LogP contribution in [0, 0.1) is 5.92 Å². The number of pyridine rings is 1. The largest absolute Gasteiger partial charge is 0.464 e. The third-order valence-electron chi connectivity index (χ3n) is 6.88. The Morgan fingerprint density at radius 3 is 2.47 bits per heavy atom. The third kappa shape index (κ3) is 4.79. The van der Waals surface area contributed by atoms with E-state index < -0.39 is 5.97 Å². The van der Waals surface area contributed by atoms with Gasteiger partial charge in [0.15, 0.2) is 5.69 Å². The number of ether oxygens (including phenoxy) is 1. The molecule has 2 fully saturated rings.